The Labute approximate surface area is 169 Å². The summed E-state index contributed by atoms with van der Waals surface area (Å²) in [4.78, 5) is 25.9. The van der Waals surface area contributed by atoms with Gasteiger partial charge in [0.15, 0.2) is 0 Å². The maximum atomic E-state index is 13.0. The highest BCUT2D eigenvalue weighted by Gasteiger charge is 2.47. The zero-order valence-electron chi connectivity index (χ0n) is 15.5. The molecule has 1 saturated carbocycles. The predicted molar refractivity (Wildman–Crippen MR) is 98.0 cm³/mol. The van der Waals surface area contributed by atoms with Crippen molar-refractivity contribution in [2.24, 2.45) is 5.92 Å². The van der Waals surface area contributed by atoms with Gasteiger partial charge in [0.1, 0.15) is 11.1 Å². The standard InChI is InChI=1S/C17H22ClF3N4O4/c18-14-13(8-22-25(6-7-26)15(14)27)24-5-4-10(9-24)29-16(28)23-12-3-1-2-11(12)17(19,20)21/h8,10-12,26H,1-7,9H2,(H,23,28)/t10-,11+,12-/m1/s1. The molecule has 2 fully saturated rings. The van der Waals surface area contributed by atoms with Crippen LogP contribution in [-0.2, 0) is 11.3 Å². The number of nitrogens with zero attached hydrogens (tertiary/aromatic N) is 3. The zero-order valence-corrected chi connectivity index (χ0v) is 16.2. The largest absolute Gasteiger partial charge is 0.444 e. The maximum absolute atomic E-state index is 13.0. The van der Waals surface area contributed by atoms with Gasteiger partial charge in [-0.25, -0.2) is 9.48 Å². The van der Waals surface area contributed by atoms with Crippen molar-refractivity contribution in [2.45, 2.75) is 50.6 Å². The molecule has 1 saturated heterocycles. The lowest BCUT2D eigenvalue weighted by Crippen LogP contribution is -2.44. The number of carbonyl (C=O) groups is 1. The van der Waals surface area contributed by atoms with Gasteiger partial charge in [0.25, 0.3) is 5.56 Å². The first kappa shape index (κ1) is 21.7. The van der Waals surface area contributed by atoms with Gasteiger partial charge in [0.05, 0.1) is 37.5 Å². The number of alkyl halides is 3. The van der Waals surface area contributed by atoms with Gasteiger partial charge in [-0.2, -0.15) is 18.3 Å². The topological polar surface area (TPSA) is 96.7 Å². The number of anilines is 1. The molecule has 1 aliphatic heterocycles. The number of alkyl carbamates (subject to hydrolysis) is 1. The van der Waals surface area contributed by atoms with E-state index in [1.165, 1.54) is 6.20 Å². The van der Waals surface area contributed by atoms with Gasteiger partial charge in [0.2, 0.25) is 0 Å². The number of amides is 1. The minimum Gasteiger partial charge on any atom is -0.444 e. The molecule has 2 N–H and O–H groups in total. The summed E-state index contributed by atoms with van der Waals surface area (Å²) >= 11 is 6.12. The SMILES string of the molecule is O=C(N[C@@H]1CCC[C@@H]1C(F)(F)F)O[C@@H]1CCN(c2cnn(CCO)c(=O)c2Cl)C1. The fourth-order valence-corrected chi connectivity index (χ4v) is 4.10. The highest BCUT2D eigenvalue weighted by molar-refractivity contribution is 6.33. The number of aliphatic hydroxyl groups is 1. The van der Waals surface area contributed by atoms with E-state index in [4.69, 9.17) is 21.4 Å². The van der Waals surface area contributed by atoms with E-state index in [0.717, 1.165) is 4.68 Å². The van der Waals surface area contributed by atoms with Crippen LogP contribution in [0.15, 0.2) is 11.0 Å². The average molecular weight is 439 g/mol. The molecule has 1 amide bonds. The number of rotatable bonds is 5. The second-order valence-electron chi connectivity index (χ2n) is 7.19. The molecule has 2 aliphatic rings. The van der Waals surface area contributed by atoms with E-state index in [1.54, 1.807) is 4.90 Å². The zero-order chi connectivity index (χ0) is 21.2. The number of hydrogen-bond acceptors (Lipinski definition) is 6. The summed E-state index contributed by atoms with van der Waals surface area (Å²) in [6.45, 7) is 0.446. The normalized spacial score (nSPS) is 24.7. The Morgan fingerprint density at radius 2 is 2.14 bits per heavy atom. The van der Waals surface area contributed by atoms with Crippen molar-refractivity contribution in [3.63, 3.8) is 0 Å². The second kappa shape index (κ2) is 8.78. The van der Waals surface area contributed by atoms with E-state index in [1.807, 2.05) is 0 Å². The second-order valence-corrected chi connectivity index (χ2v) is 7.57. The minimum atomic E-state index is -4.35. The molecule has 0 radical (unpaired) electrons. The molecule has 3 rings (SSSR count). The Kier molecular flexibility index (Phi) is 6.57. The van der Waals surface area contributed by atoms with E-state index < -0.39 is 35.9 Å². The number of aliphatic hydroxyl groups excluding tert-OH is 1. The number of ether oxygens (including phenoxy) is 1. The highest BCUT2D eigenvalue weighted by Crippen LogP contribution is 2.39. The molecule has 1 aliphatic carbocycles. The van der Waals surface area contributed by atoms with Gasteiger partial charge in [0, 0.05) is 19.0 Å². The summed E-state index contributed by atoms with van der Waals surface area (Å²) in [6.07, 6.45) is -3.26. The van der Waals surface area contributed by atoms with Crippen molar-refractivity contribution < 1.29 is 27.8 Å². The predicted octanol–water partition coefficient (Wildman–Crippen LogP) is 1.92. The van der Waals surface area contributed by atoms with E-state index in [-0.39, 0.29) is 37.6 Å². The maximum Gasteiger partial charge on any atom is 0.407 e. The Morgan fingerprint density at radius 1 is 1.38 bits per heavy atom. The molecule has 0 aromatic carbocycles. The van der Waals surface area contributed by atoms with Crippen molar-refractivity contribution in [3.8, 4) is 0 Å². The molecule has 0 bridgehead atoms. The molecular formula is C17H22ClF3N4O4. The average Bonchev–Trinajstić information content (AvgIpc) is 3.28. The number of nitrogens with one attached hydrogen (secondary N) is 1. The summed E-state index contributed by atoms with van der Waals surface area (Å²) in [6, 6.07) is -0.974. The van der Waals surface area contributed by atoms with Crippen LogP contribution in [0.4, 0.5) is 23.7 Å². The third kappa shape index (κ3) is 4.95. The van der Waals surface area contributed by atoms with Crippen molar-refractivity contribution >= 4 is 23.4 Å². The Bertz CT molecular complexity index is 804. The third-order valence-electron chi connectivity index (χ3n) is 5.28. The molecule has 29 heavy (non-hydrogen) atoms. The van der Waals surface area contributed by atoms with Crippen molar-refractivity contribution in [3.05, 3.63) is 21.6 Å². The molecule has 3 atom stereocenters. The molecule has 0 unspecified atom stereocenters. The van der Waals surface area contributed by atoms with Gasteiger partial charge in [-0.1, -0.05) is 18.0 Å². The molecule has 1 aromatic heterocycles. The monoisotopic (exact) mass is 438 g/mol. The Morgan fingerprint density at radius 3 is 2.83 bits per heavy atom. The third-order valence-corrected chi connectivity index (χ3v) is 5.63. The van der Waals surface area contributed by atoms with E-state index in [9.17, 15) is 22.8 Å². The Balaban J connectivity index is 1.57. The van der Waals surface area contributed by atoms with Crippen LogP contribution in [0.3, 0.4) is 0 Å². The molecular weight excluding hydrogens is 417 g/mol. The quantitative estimate of drug-likeness (QED) is 0.729. The van der Waals surface area contributed by atoms with Gasteiger partial charge in [-0.3, -0.25) is 4.79 Å². The van der Waals surface area contributed by atoms with E-state index >= 15 is 0 Å². The lowest BCUT2D eigenvalue weighted by atomic mass is 10.0. The van der Waals surface area contributed by atoms with E-state index in [0.29, 0.717) is 25.1 Å². The molecule has 2 heterocycles. The smallest absolute Gasteiger partial charge is 0.407 e. The summed E-state index contributed by atoms with van der Waals surface area (Å²) in [7, 11) is 0. The summed E-state index contributed by atoms with van der Waals surface area (Å²) in [5.74, 6) is -1.55. The van der Waals surface area contributed by atoms with Crippen molar-refractivity contribution in [1.82, 2.24) is 15.1 Å². The van der Waals surface area contributed by atoms with E-state index in [2.05, 4.69) is 10.4 Å². The van der Waals surface area contributed by atoms with Crippen LogP contribution in [0.5, 0.6) is 0 Å². The van der Waals surface area contributed by atoms with Gasteiger partial charge < -0.3 is 20.1 Å². The van der Waals surface area contributed by atoms with Crippen LogP contribution >= 0.6 is 11.6 Å². The van der Waals surface area contributed by atoms with Crippen LogP contribution in [0, 0.1) is 5.92 Å². The van der Waals surface area contributed by atoms with Crippen LogP contribution in [-0.4, -0.2) is 59.0 Å². The number of hydrogen-bond donors (Lipinski definition) is 2. The van der Waals surface area contributed by atoms with Gasteiger partial charge >= 0.3 is 12.3 Å². The Hall–Kier alpha value is -2.01. The van der Waals surface area contributed by atoms with Crippen LogP contribution in [0.2, 0.25) is 5.02 Å². The molecule has 0 spiro atoms. The first-order valence-corrected chi connectivity index (χ1v) is 9.73. The van der Waals surface area contributed by atoms with Crippen molar-refractivity contribution in [1.29, 1.82) is 0 Å². The number of halogens is 4. The van der Waals surface area contributed by atoms with Crippen molar-refractivity contribution in [2.75, 3.05) is 24.6 Å². The summed E-state index contributed by atoms with van der Waals surface area (Å²) < 4.78 is 45.3. The lowest BCUT2D eigenvalue weighted by molar-refractivity contribution is -0.177. The highest BCUT2D eigenvalue weighted by atomic mass is 35.5. The van der Waals surface area contributed by atoms with Gasteiger partial charge in [-0.15, -0.1) is 0 Å². The fraction of sp³-hybridized carbons (Fsp3) is 0.706. The van der Waals surface area contributed by atoms with Crippen LogP contribution < -0.4 is 15.8 Å². The lowest BCUT2D eigenvalue weighted by Gasteiger charge is -2.24. The first-order valence-electron chi connectivity index (χ1n) is 9.36. The number of aromatic nitrogens is 2. The van der Waals surface area contributed by atoms with Crippen LogP contribution in [0.1, 0.15) is 25.7 Å². The first-order chi connectivity index (χ1) is 13.7. The molecule has 162 valence electrons. The fourth-order valence-electron chi connectivity index (χ4n) is 3.84. The van der Waals surface area contributed by atoms with Gasteiger partial charge in [-0.05, 0) is 12.8 Å². The summed E-state index contributed by atoms with van der Waals surface area (Å²) in [5.41, 5.74) is -0.162. The number of carbonyl (C=O) groups excluding carboxylic acids is 1. The molecule has 1 aromatic rings. The minimum absolute atomic E-state index is 0.00102. The van der Waals surface area contributed by atoms with Crippen LogP contribution in [0.25, 0.3) is 0 Å². The molecule has 12 heteroatoms. The molecule has 8 nitrogen and oxygen atoms in total. The summed E-state index contributed by atoms with van der Waals surface area (Å²) in [5, 5.41) is 15.2.